The van der Waals surface area contributed by atoms with Crippen LogP contribution in [-0.4, -0.2) is 88.7 Å². The van der Waals surface area contributed by atoms with Gasteiger partial charge in [0.05, 0.1) is 19.8 Å². The summed E-state index contributed by atoms with van der Waals surface area (Å²) in [5.74, 6) is -3.42. The van der Waals surface area contributed by atoms with Gasteiger partial charge < -0.3 is 19.4 Å². The van der Waals surface area contributed by atoms with E-state index in [1.54, 1.807) is 51.9 Å². The number of nitrogens with one attached hydrogen (secondary N) is 2. The molecular weight excluding hydrogens is 490 g/mol. The van der Waals surface area contributed by atoms with E-state index in [0.29, 0.717) is 10.7 Å². The zero-order valence-corrected chi connectivity index (χ0v) is 21.8. The molecule has 0 saturated carbocycles. The molecule has 1 aromatic heterocycles. The monoisotopic (exact) mass is 519 g/mol. The maximum atomic E-state index is 13.6. The highest BCUT2D eigenvalue weighted by molar-refractivity contribution is 6.35. The van der Waals surface area contributed by atoms with Gasteiger partial charge in [0, 0.05) is 28.7 Å². The minimum atomic E-state index is -1.37. The minimum Gasteiger partial charge on any atom is -0.468 e. The number of benzene rings is 1. The molecule has 4 unspecified atom stereocenters. The maximum absolute atomic E-state index is 13.6. The summed E-state index contributed by atoms with van der Waals surface area (Å²) in [6.45, 7) is 5.07. The molecule has 2 saturated heterocycles. The highest BCUT2D eigenvalue weighted by Crippen LogP contribution is 2.31. The molecule has 11 nitrogen and oxygen atoms in total. The Morgan fingerprint density at radius 1 is 1.17 bits per heavy atom. The van der Waals surface area contributed by atoms with E-state index in [9.17, 15) is 19.2 Å². The number of H-pyrrole nitrogens is 1. The number of fused-ring (bicyclic) bond motifs is 2. The van der Waals surface area contributed by atoms with Gasteiger partial charge in [0.25, 0.3) is 5.91 Å². The third-order valence-electron chi connectivity index (χ3n) is 6.41. The smallest absolute Gasteiger partial charge is 0.328 e. The molecule has 2 aliphatic rings. The fourth-order valence-corrected chi connectivity index (χ4v) is 4.96. The van der Waals surface area contributed by atoms with Gasteiger partial charge >= 0.3 is 18.0 Å². The Morgan fingerprint density at radius 3 is 2.47 bits per heavy atom. The Balaban J connectivity index is 1.62. The fourth-order valence-electron chi connectivity index (χ4n) is 4.73. The fraction of sp³-hybridized carbons (Fsp3) is 0.500. The Bertz CT molecular complexity index is 1220. The number of halogens is 1. The first-order valence-electron chi connectivity index (χ1n) is 11.5. The van der Waals surface area contributed by atoms with Gasteiger partial charge in [-0.15, -0.1) is 0 Å². The third-order valence-corrected chi connectivity index (χ3v) is 6.74. The van der Waals surface area contributed by atoms with Crippen molar-refractivity contribution >= 4 is 46.4 Å². The molecule has 4 atom stereocenters. The minimum absolute atomic E-state index is 0.00123. The first kappa shape index (κ1) is 25.9. The normalized spacial score (nSPS) is 23.7. The molecule has 2 aromatic rings. The highest BCUT2D eigenvalue weighted by Gasteiger charge is 2.57. The predicted molar refractivity (Wildman–Crippen MR) is 131 cm³/mol. The number of urea groups is 1. The van der Waals surface area contributed by atoms with Crippen molar-refractivity contribution in [3.05, 3.63) is 35.0 Å². The number of ether oxygens (including phenoxy) is 2. The summed E-state index contributed by atoms with van der Waals surface area (Å²) in [5, 5.41) is 4.45. The number of hydrogen-bond acceptors (Lipinski definition) is 8. The van der Waals surface area contributed by atoms with Crippen LogP contribution < -0.4 is 5.32 Å². The largest absolute Gasteiger partial charge is 0.468 e. The summed E-state index contributed by atoms with van der Waals surface area (Å²) >= 11 is 6.27. The van der Waals surface area contributed by atoms with E-state index in [4.69, 9.17) is 21.1 Å². The molecule has 2 fully saturated rings. The lowest BCUT2D eigenvalue weighted by molar-refractivity contribution is -0.171. The summed E-state index contributed by atoms with van der Waals surface area (Å²) in [6.07, 6.45) is -1.70. The van der Waals surface area contributed by atoms with Crippen LogP contribution in [0.4, 0.5) is 4.79 Å². The summed E-state index contributed by atoms with van der Waals surface area (Å²) in [4.78, 5) is 59.7. The molecule has 194 valence electrons. The van der Waals surface area contributed by atoms with Gasteiger partial charge in [0.15, 0.2) is 5.92 Å². The SMILES string of the molecule is COC(=O)C(C(=O)OC(C)(C)C)C1NC2C(C(=O)N(Cc3cc4c(Cl)cccc4[nH]3)C(=O)N2C)N1C. The van der Waals surface area contributed by atoms with E-state index >= 15 is 0 Å². The van der Waals surface area contributed by atoms with Gasteiger partial charge in [0.2, 0.25) is 0 Å². The molecule has 0 radical (unpaired) electrons. The Kier molecular flexibility index (Phi) is 6.76. The van der Waals surface area contributed by atoms with Crippen LogP contribution in [0.2, 0.25) is 5.02 Å². The number of hydrogen-bond donors (Lipinski definition) is 2. The number of amides is 3. The summed E-state index contributed by atoms with van der Waals surface area (Å²) in [7, 11) is 4.35. The van der Waals surface area contributed by atoms with Crippen LogP contribution in [0.25, 0.3) is 10.9 Å². The number of aromatic nitrogens is 1. The molecule has 3 amide bonds. The number of carbonyl (C=O) groups excluding carboxylic acids is 4. The molecule has 0 spiro atoms. The number of carbonyl (C=O) groups is 4. The van der Waals surface area contributed by atoms with Crippen LogP contribution in [0.5, 0.6) is 0 Å². The number of nitrogens with zero attached hydrogens (tertiary/aromatic N) is 3. The number of imide groups is 1. The molecule has 1 aromatic carbocycles. The number of rotatable bonds is 5. The van der Waals surface area contributed by atoms with E-state index < -0.39 is 53.8 Å². The van der Waals surface area contributed by atoms with Crippen LogP contribution in [0.3, 0.4) is 0 Å². The van der Waals surface area contributed by atoms with Crippen molar-refractivity contribution in [3.8, 4) is 0 Å². The molecule has 4 rings (SSSR count). The van der Waals surface area contributed by atoms with Crippen LogP contribution in [0.15, 0.2) is 24.3 Å². The van der Waals surface area contributed by atoms with Crippen LogP contribution >= 0.6 is 11.6 Å². The second-order valence-corrected chi connectivity index (χ2v) is 10.4. The quantitative estimate of drug-likeness (QED) is 0.453. The van der Waals surface area contributed by atoms with Crippen molar-refractivity contribution in [2.75, 3.05) is 21.2 Å². The maximum Gasteiger partial charge on any atom is 0.328 e. The topological polar surface area (TPSA) is 124 Å². The van der Waals surface area contributed by atoms with E-state index in [1.165, 1.54) is 12.0 Å². The lowest BCUT2D eigenvalue weighted by atomic mass is 10.0. The first-order valence-corrected chi connectivity index (χ1v) is 11.8. The number of esters is 2. The number of aromatic amines is 1. The van der Waals surface area contributed by atoms with E-state index in [-0.39, 0.29) is 6.54 Å². The van der Waals surface area contributed by atoms with Gasteiger partial charge in [-0.1, -0.05) is 17.7 Å². The van der Waals surface area contributed by atoms with Crippen LogP contribution in [-0.2, 0) is 30.4 Å². The van der Waals surface area contributed by atoms with E-state index in [1.807, 2.05) is 12.1 Å². The second kappa shape index (κ2) is 9.38. The Morgan fingerprint density at radius 2 is 1.86 bits per heavy atom. The van der Waals surface area contributed by atoms with Crippen molar-refractivity contribution in [2.24, 2.45) is 5.92 Å². The average Bonchev–Trinajstić information content (AvgIpc) is 3.36. The molecule has 2 aliphatic heterocycles. The van der Waals surface area contributed by atoms with Crippen molar-refractivity contribution in [2.45, 2.75) is 51.3 Å². The molecule has 2 N–H and O–H groups in total. The molecule has 3 heterocycles. The molecule has 36 heavy (non-hydrogen) atoms. The summed E-state index contributed by atoms with van der Waals surface area (Å²) < 4.78 is 10.3. The van der Waals surface area contributed by atoms with Crippen molar-refractivity contribution < 1.29 is 28.7 Å². The standard InChI is InChI=1S/C24H30ClN5O6/c1-24(2,3)36-22(33)16(21(32)35-6)18-27-19-17(28(18)4)20(31)30(23(34)29(19)5)11-12-10-13-14(25)8-7-9-15(13)26-12/h7-10,16-19,26-27H,11H2,1-6H3. The number of likely N-dealkylation sites (N-methyl/N-ethyl adjacent to an activating group) is 2. The lowest BCUT2D eigenvalue weighted by Crippen LogP contribution is -2.65. The molecular formula is C24H30ClN5O6. The zero-order chi connectivity index (χ0) is 26.5. The van der Waals surface area contributed by atoms with Gasteiger partial charge in [0.1, 0.15) is 17.8 Å². The van der Waals surface area contributed by atoms with Gasteiger partial charge in [-0.05, 0) is 46.0 Å². The second-order valence-electron chi connectivity index (χ2n) is 10.0. The van der Waals surface area contributed by atoms with E-state index in [0.717, 1.165) is 15.8 Å². The first-order chi connectivity index (χ1) is 16.8. The number of methoxy groups -OCH3 is 1. The zero-order valence-electron chi connectivity index (χ0n) is 21.0. The van der Waals surface area contributed by atoms with Crippen molar-refractivity contribution in [1.29, 1.82) is 0 Å². The van der Waals surface area contributed by atoms with Gasteiger partial charge in [-0.2, -0.15) is 0 Å². The Labute approximate surface area is 213 Å². The van der Waals surface area contributed by atoms with Crippen molar-refractivity contribution in [3.63, 3.8) is 0 Å². The molecule has 0 aliphatic carbocycles. The highest BCUT2D eigenvalue weighted by atomic mass is 35.5. The predicted octanol–water partition coefficient (Wildman–Crippen LogP) is 1.90. The van der Waals surface area contributed by atoms with Crippen LogP contribution in [0.1, 0.15) is 26.5 Å². The Hall–Kier alpha value is -3.15. The lowest BCUT2D eigenvalue weighted by Gasteiger charge is -2.40. The third kappa shape index (κ3) is 4.54. The summed E-state index contributed by atoms with van der Waals surface area (Å²) in [5.41, 5.74) is 0.589. The molecule has 0 bridgehead atoms. The average molecular weight is 520 g/mol. The van der Waals surface area contributed by atoms with E-state index in [2.05, 4.69) is 10.3 Å². The molecule has 12 heteroatoms. The van der Waals surface area contributed by atoms with Gasteiger partial charge in [-0.25, -0.2) is 4.79 Å². The van der Waals surface area contributed by atoms with Crippen LogP contribution in [0, 0.1) is 5.92 Å². The summed E-state index contributed by atoms with van der Waals surface area (Å²) in [6, 6.07) is 5.87. The van der Waals surface area contributed by atoms with Crippen molar-refractivity contribution in [1.82, 2.24) is 25.0 Å². The van der Waals surface area contributed by atoms with Gasteiger partial charge in [-0.3, -0.25) is 29.5 Å².